The van der Waals surface area contributed by atoms with Gasteiger partial charge in [0.2, 0.25) is 5.91 Å². The van der Waals surface area contributed by atoms with E-state index in [2.05, 4.69) is 21.3 Å². The second kappa shape index (κ2) is 8.48. The van der Waals surface area contributed by atoms with Crippen LogP contribution in [0.1, 0.15) is 5.56 Å². The first kappa shape index (κ1) is 17.2. The number of rotatable bonds is 6. The molecule has 0 unspecified atom stereocenters. The van der Waals surface area contributed by atoms with Crippen molar-refractivity contribution in [2.24, 2.45) is 0 Å². The number of para-hydroxylation sites is 2. The molecule has 1 amide bonds. The largest absolute Gasteiger partial charge is 0.495 e. The van der Waals surface area contributed by atoms with Crippen molar-refractivity contribution in [3.63, 3.8) is 0 Å². The molecule has 2 aromatic rings. The van der Waals surface area contributed by atoms with Crippen molar-refractivity contribution < 1.29 is 9.53 Å². The van der Waals surface area contributed by atoms with Crippen LogP contribution in [-0.2, 0) is 11.3 Å². The van der Waals surface area contributed by atoms with Gasteiger partial charge in [-0.05, 0) is 23.8 Å². The molecule has 1 aliphatic heterocycles. The summed E-state index contributed by atoms with van der Waals surface area (Å²) < 4.78 is 5.43. The molecule has 0 aliphatic carbocycles. The molecule has 0 radical (unpaired) electrons. The van der Waals surface area contributed by atoms with E-state index < -0.39 is 0 Å². The molecule has 0 saturated carbocycles. The number of carbonyl (C=O) groups is 1. The summed E-state index contributed by atoms with van der Waals surface area (Å²) in [5.74, 6) is 1.02. The monoisotopic (exact) mass is 340 g/mol. The lowest BCUT2D eigenvalue weighted by molar-refractivity contribution is -0.130. The number of hydrogen-bond donors (Lipinski definition) is 1. The highest BCUT2D eigenvalue weighted by Crippen LogP contribution is 2.28. The Morgan fingerprint density at radius 2 is 1.96 bits per heavy atom. The third-order valence-corrected chi connectivity index (χ3v) is 4.39. The van der Waals surface area contributed by atoms with Crippen LogP contribution in [-0.4, -0.2) is 55.6 Å². The van der Waals surface area contributed by atoms with E-state index in [4.69, 9.17) is 4.74 Å². The van der Waals surface area contributed by atoms with Gasteiger partial charge in [0, 0.05) is 45.1 Å². The molecule has 1 fully saturated rings. The zero-order valence-electron chi connectivity index (χ0n) is 14.5. The number of amides is 1. The average Bonchev–Trinajstić information content (AvgIpc) is 2.69. The van der Waals surface area contributed by atoms with Gasteiger partial charge in [-0.2, -0.15) is 0 Å². The number of pyridine rings is 1. The molecule has 1 N–H and O–H groups in total. The number of aromatic nitrogens is 1. The highest BCUT2D eigenvalue weighted by molar-refractivity contribution is 5.78. The maximum Gasteiger partial charge on any atom is 0.236 e. The highest BCUT2D eigenvalue weighted by atomic mass is 16.5. The van der Waals surface area contributed by atoms with E-state index in [9.17, 15) is 4.79 Å². The lowest BCUT2D eigenvalue weighted by atomic mass is 10.2. The highest BCUT2D eigenvalue weighted by Gasteiger charge is 2.22. The Balaban J connectivity index is 1.46. The van der Waals surface area contributed by atoms with Gasteiger partial charge in [-0.25, -0.2) is 0 Å². The Hall–Kier alpha value is -2.60. The second-order valence-corrected chi connectivity index (χ2v) is 6.00. The van der Waals surface area contributed by atoms with Crippen molar-refractivity contribution in [2.75, 3.05) is 44.7 Å². The fourth-order valence-corrected chi connectivity index (χ4v) is 3.02. The van der Waals surface area contributed by atoms with Crippen molar-refractivity contribution in [3.05, 3.63) is 54.4 Å². The molecule has 132 valence electrons. The van der Waals surface area contributed by atoms with Gasteiger partial charge in [0.15, 0.2) is 0 Å². The lowest BCUT2D eigenvalue weighted by Crippen LogP contribution is -2.50. The predicted octanol–water partition coefficient (Wildman–Crippen LogP) is 1.53. The van der Waals surface area contributed by atoms with Crippen LogP contribution in [0.5, 0.6) is 5.75 Å². The first-order chi connectivity index (χ1) is 12.3. The van der Waals surface area contributed by atoms with E-state index >= 15 is 0 Å². The molecule has 3 rings (SSSR count). The van der Waals surface area contributed by atoms with E-state index in [0.717, 1.165) is 43.2 Å². The van der Waals surface area contributed by atoms with Crippen molar-refractivity contribution in [2.45, 2.75) is 6.54 Å². The summed E-state index contributed by atoms with van der Waals surface area (Å²) in [6.07, 6.45) is 3.55. The number of nitrogens with zero attached hydrogens (tertiary/aromatic N) is 3. The number of piperazine rings is 1. The summed E-state index contributed by atoms with van der Waals surface area (Å²) in [6, 6.07) is 11.9. The second-order valence-electron chi connectivity index (χ2n) is 6.00. The smallest absolute Gasteiger partial charge is 0.236 e. The maximum absolute atomic E-state index is 12.4. The van der Waals surface area contributed by atoms with Crippen LogP contribution < -0.4 is 15.0 Å². The zero-order chi connectivity index (χ0) is 17.5. The van der Waals surface area contributed by atoms with E-state index in [1.807, 2.05) is 41.4 Å². The minimum Gasteiger partial charge on any atom is -0.495 e. The van der Waals surface area contributed by atoms with Crippen molar-refractivity contribution in [1.29, 1.82) is 0 Å². The number of nitrogens with one attached hydrogen (secondary N) is 1. The van der Waals surface area contributed by atoms with Gasteiger partial charge in [-0.3, -0.25) is 9.78 Å². The Morgan fingerprint density at radius 3 is 2.68 bits per heavy atom. The fraction of sp³-hybridized carbons (Fsp3) is 0.368. The molecule has 0 spiro atoms. The van der Waals surface area contributed by atoms with Crippen LogP contribution in [0.15, 0.2) is 48.8 Å². The van der Waals surface area contributed by atoms with Crippen molar-refractivity contribution in [3.8, 4) is 5.75 Å². The molecule has 0 atom stereocenters. The van der Waals surface area contributed by atoms with Crippen LogP contribution in [0.4, 0.5) is 5.69 Å². The van der Waals surface area contributed by atoms with Gasteiger partial charge >= 0.3 is 0 Å². The summed E-state index contributed by atoms with van der Waals surface area (Å²) in [5, 5.41) is 3.20. The number of ether oxygens (including phenoxy) is 1. The number of anilines is 1. The molecule has 6 heteroatoms. The quantitative estimate of drug-likeness (QED) is 0.864. The summed E-state index contributed by atoms with van der Waals surface area (Å²) in [6.45, 7) is 4.09. The molecular formula is C19H24N4O2. The van der Waals surface area contributed by atoms with Gasteiger partial charge in [0.05, 0.1) is 19.3 Å². The van der Waals surface area contributed by atoms with Crippen LogP contribution in [0.3, 0.4) is 0 Å². The molecule has 1 aliphatic rings. The SMILES string of the molecule is COc1ccccc1N1CCN(C(=O)CNCc2cccnc2)CC1. The fourth-order valence-electron chi connectivity index (χ4n) is 3.02. The topological polar surface area (TPSA) is 57.7 Å². The average molecular weight is 340 g/mol. The van der Waals surface area contributed by atoms with E-state index in [0.29, 0.717) is 13.1 Å². The number of carbonyl (C=O) groups excluding carboxylic acids is 1. The third-order valence-electron chi connectivity index (χ3n) is 4.39. The van der Waals surface area contributed by atoms with E-state index in [1.54, 1.807) is 13.3 Å². The Labute approximate surface area is 148 Å². The number of benzene rings is 1. The van der Waals surface area contributed by atoms with Gasteiger partial charge in [0.1, 0.15) is 5.75 Å². The predicted molar refractivity (Wildman–Crippen MR) is 97.7 cm³/mol. The molecule has 1 aromatic heterocycles. The van der Waals surface area contributed by atoms with Gasteiger partial charge in [-0.15, -0.1) is 0 Å². The Kier molecular flexibility index (Phi) is 5.85. The first-order valence-electron chi connectivity index (χ1n) is 8.53. The van der Waals surface area contributed by atoms with E-state index in [1.165, 1.54) is 0 Å². The normalized spacial score (nSPS) is 14.4. The third kappa shape index (κ3) is 4.48. The van der Waals surface area contributed by atoms with Crippen LogP contribution in [0.2, 0.25) is 0 Å². The zero-order valence-corrected chi connectivity index (χ0v) is 14.5. The number of hydrogen-bond acceptors (Lipinski definition) is 5. The maximum atomic E-state index is 12.4. The van der Waals surface area contributed by atoms with Gasteiger partial charge < -0.3 is 19.9 Å². The standard InChI is InChI=1S/C19H24N4O2/c1-25-18-7-3-2-6-17(18)22-9-11-23(12-10-22)19(24)15-21-14-16-5-4-8-20-13-16/h2-8,13,21H,9-12,14-15H2,1H3. The minimum absolute atomic E-state index is 0.142. The van der Waals surface area contributed by atoms with Crippen LogP contribution in [0, 0.1) is 0 Å². The molecule has 6 nitrogen and oxygen atoms in total. The molecule has 1 aromatic carbocycles. The Bertz CT molecular complexity index is 685. The van der Waals surface area contributed by atoms with Crippen LogP contribution in [0.25, 0.3) is 0 Å². The molecular weight excluding hydrogens is 316 g/mol. The van der Waals surface area contributed by atoms with Gasteiger partial charge in [0.25, 0.3) is 0 Å². The molecule has 2 heterocycles. The lowest BCUT2D eigenvalue weighted by Gasteiger charge is -2.36. The first-order valence-corrected chi connectivity index (χ1v) is 8.53. The number of methoxy groups -OCH3 is 1. The van der Waals surface area contributed by atoms with Crippen molar-refractivity contribution in [1.82, 2.24) is 15.2 Å². The molecule has 25 heavy (non-hydrogen) atoms. The van der Waals surface area contributed by atoms with Crippen molar-refractivity contribution >= 4 is 11.6 Å². The molecule has 1 saturated heterocycles. The Morgan fingerprint density at radius 1 is 1.16 bits per heavy atom. The summed E-state index contributed by atoms with van der Waals surface area (Å²) in [4.78, 5) is 20.6. The summed E-state index contributed by atoms with van der Waals surface area (Å²) in [7, 11) is 1.69. The van der Waals surface area contributed by atoms with Crippen LogP contribution >= 0.6 is 0 Å². The molecule has 0 bridgehead atoms. The minimum atomic E-state index is 0.142. The summed E-state index contributed by atoms with van der Waals surface area (Å²) in [5.41, 5.74) is 2.17. The van der Waals surface area contributed by atoms with E-state index in [-0.39, 0.29) is 5.91 Å². The van der Waals surface area contributed by atoms with Gasteiger partial charge in [-0.1, -0.05) is 18.2 Å². The summed E-state index contributed by atoms with van der Waals surface area (Å²) >= 11 is 0.